The number of benzene rings is 2. The molecule has 28 heavy (non-hydrogen) atoms. The third-order valence-corrected chi connectivity index (χ3v) is 5.65. The van der Waals surface area contributed by atoms with E-state index in [2.05, 4.69) is 10.2 Å². The highest BCUT2D eigenvalue weighted by atomic mass is 32.2. The fraction of sp³-hybridized carbons (Fsp3) is 0.381. The zero-order valence-electron chi connectivity index (χ0n) is 16.8. The molecule has 0 fully saturated rings. The van der Waals surface area contributed by atoms with Crippen LogP contribution >= 0.6 is 0 Å². The molecule has 0 unspecified atom stereocenters. The van der Waals surface area contributed by atoms with Crippen LogP contribution in [0.5, 0.6) is 0 Å². The highest BCUT2D eigenvalue weighted by Gasteiger charge is 2.20. The fourth-order valence-electron chi connectivity index (χ4n) is 2.76. The van der Waals surface area contributed by atoms with E-state index < -0.39 is 10.0 Å². The van der Waals surface area contributed by atoms with Crippen LogP contribution in [0.3, 0.4) is 0 Å². The third kappa shape index (κ3) is 7.32. The summed E-state index contributed by atoms with van der Waals surface area (Å²) >= 11 is 0. The van der Waals surface area contributed by atoms with Crippen LogP contribution in [0.2, 0.25) is 0 Å². The molecule has 1 amide bonds. The second-order valence-corrected chi connectivity index (χ2v) is 8.96. The van der Waals surface area contributed by atoms with Gasteiger partial charge in [0.1, 0.15) is 0 Å². The number of hydrogen-bond donors (Lipinski definition) is 1. The molecule has 0 bridgehead atoms. The molecule has 0 aliphatic heterocycles. The third-order valence-electron chi connectivity index (χ3n) is 4.46. The van der Waals surface area contributed by atoms with Gasteiger partial charge < -0.3 is 10.2 Å². The maximum absolute atomic E-state index is 12.2. The molecular formula is C21H29N3O3S. The van der Waals surface area contributed by atoms with Crippen LogP contribution in [0, 0.1) is 6.92 Å². The van der Waals surface area contributed by atoms with Crippen LogP contribution in [0.15, 0.2) is 54.6 Å². The lowest BCUT2D eigenvalue weighted by molar-refractivity contribution is -0.121. The number of sulfonamides is 1. The van der Waals surface area contributed by atoms with Gasteiger partial charge in [0.15, 0.2) is 0 Å². The molecular weight excluding hydrogens is 374 g/mol. The van der Waals surface area contributed by atoms with Gasteiger partial charge in [0.2, 0.25) is 15.9 Å². The highest BCUT2D eigenvalue weighted by molar-refractivity contribution is 7.88. The number of amides is 1. The minimum Gasteiger partial charge on any atom is -0.375 e. The average molecular weight is 404 g/mol. The van der Waals surface area contributed by atoms with E-state index in [0.29, 0.717) is 6.54 Å². The highest BCUT2D eigenvalue weighted by Crippen LogP contribution is 2.11. The second-order valence-electron chi connectivity index (χ2n) is 6.98. The monoisotopic (exact) mass is 403 g/mol. The summed E-state index contributed by atoms with van der Waals surface area (Å²) in [5, 5.41) is 2.82. The standard InChI is InChI=1S/C21H29N3O3S/c1-18-10-12-19(13-11-18)16-24(28(3,26)27)17-21(25)22-14-7-15-23(2)20-8-5-4-6-9-20/h4-6,8-13H,7,14-17H2,1-3H3,(H,22,25). The zero-order valence-corrected chi connectivity index (χ0v) is 17.6. The van der Waals surface area contributed by atoms with Gasteiger partial charge in [-0.2, -0.15) is 4.31 Å². The molecule has 2 rings (SSSR count). The minimum atomic E-state index is -3.48. The Morgan fingerprint density at radius 3 is 2.29 bits per heavy atom. The molecule has 6 nitrogen and oxygen atoms in total. The van der Waals surface area contributed by atoms with E-state index in [-0.39, 0.29) is 19.0 Å². The van der Waals surface area contributed by atoms with Crippen molar-refractivity contribution in [1.82, 2.24) is 9.62 Å². The Morgan fingerprint density at radius 2 is 1.68 bits per heavy atom. The van der Waals surface area contributed by atoms with Crippen molar-refractivity contribution >= 4 is 21.6 Å². The van der Waals surface area contributed by atoms with Crippen molar-refractivity contribution in [3.05, 3.63) is 65.7 Å². The molecule has 0 saturated heterocycles. The number of nitrogens with one attached hydrogen (secondary N) is 1. The van der Waals surface area contributed by atoms with E-state index in [0.717, 1.165) is 36.0 Å². The van der Waals surface area contributed by atoms with Gasteiger partial charge in [0, 0.05) is 32.4 Å². The summed E-state index contributed by atoms with van der Waals surface area (Å²) < 4.78 is 25.3. The first-order valence-corrected chi connectivity index (χ1v) is 11.1. The summed E-state index contributed by atoms with van der Waals surface area (Å²) in [6.45, 7) is 3.27. The van der Waals surface area contributed by atoms with Crippen LogP contribution in [-0.4, -0.2) is 51.6 Å². The van der Waals surface area contributed by atoms with Crippen molar-refractivity contribution < 1.29 is 13.2 Å². The minimum absolute atomic E-state index is 0.179. The number of para-hydroxylation sites is 1. The van der Waals surface area contributed by atoms with Crippen molar-refractivity contribution in [2.24, 2.45) is 0 Å². The lowest BCUT2D eigenvalue weighted by Crippen LogP contribution is -2.40. The molecule has 0 spiro atoms. The van der Waals surface area contributed by atoms with Gasteiger partial charge in [-0.15, -0.1) is 0 Å². The van der Waals surface area contributed by atoms with Crippen molar-refractivity contribution in [3.8, 4) is 0 Å². The number of aryl methyl sites for hydroxylation is 1. The predicted molar refractivity (Wildman–Crippen MR) is 114 cm³/mol. The summed E-state index contributed by atoms with van der Waals surface area (Å²) in [6.07, 6.45) is 1.90. The topological polar surface area (TPSA) is 69.7 Å². The van der Waals surface area contributed by atoms with E-state index in [1.165, 1.54) is 4.31 Å². The Hall–Kier alpha value is -2.38. The van der Waals surface area contributed by atoms with Gasteiger partial charge in [0.05, 0.1) is 12.8 Å². The summed E-state index contributed by atoms with van der Waals surface area (Å²) in [7, 11) is -1.48. The second kappa shape index (κ2) is 10.2. The van der Waals surface area contributed by atoms with E-state index >= 15 is 0 Å². The number of anilines is 1. The zero-order chi connectivity index (χ0) is 20.6. The van der Waals surface area contributed by atoms with E-state index in [1.54, 1.807) is 0 Å². The first-order chi connectivity index (χ1) is 13.3. The van der Waals surface area contributed by atoms with Crippen molar-refractivity contribution in [3.63, 3.8) is 0 Å². The maximum Gasteiger partial charge on any atom is 0.235 e. The molecule has 0 saturated carbocycles. The molecule has 0 aromatic heterocycles. The molecule has 0 atom stereocenters. The molecule has 152 valence electrons. The Balaban J connectivity index is 1.80. The summed E-state index contributed by atoms with van der Waals surface area (Å²) in [5.74, 6) is -0.292. The molecule has 0 heterocycles. The van der Waals surface area contributed by atoms with Crippen LogP contribution < -0.4 is 10.2 Å². The molecule has 7 heteroatoms. The fourth-order valence-corrected chi connectivity index (χ4v) is 3.49. The van der Waals surface area contributed by atoms with Gasteiger partial charge in [0.25, 0.3) is 0 Å². The van der Waals surface area contributed by atoms with Crippen LogP contribution in [0.1, 0.15) is 17.5 Å². The summed E-state index contributed by atoms with van der Waals surface area (Å²) in [4.78, 5) is 14.3. The number of rotatable bonds is 10. The summed E-state index contributed by atoms with van der Waals surface area (Å²) in [6, 6.07) is 17.6. The van der Waals surface area contributed by atoms with Crippen molar-refractivity contribution in [2.45, 2.75) is 19.9 Å². The van der Waals surface area contributed by atoms with E-state index in [1.807, 2.05) is 68.6 Å². The van der Waals surface area contributed by atoms with Gasteiger partial charge in [-0.05, 0) is 31.0 Å². The molecule has 2 aromatic carbocycles. The quantitative estimate of drug-likeness (QED) is 0.619. The number of carbonyl (C=O) groups is 1. The van der Waals surface area contributed by atoms with Gasteiger partial charge >= 0.3 is 0 Å². The molecule has 1 N–H and O–H groups in total. The number of hydrogen-bond acceptors (Lipinski definition) is 4. The lowest BCUT2D eigenvalue weighted by Gasteiger charge is -2.21. The van der Waals surface area contributed by atoms with Gasteiger partial charge in [-0.3, -0.25) is 4.79 Å². The van der Waals surface area contributed by atoms with Crippen molar-refractivity contribution in [1.29, 1.82) is 0 Å². The van der Waals surface area contributed by atoms with E-state index in [4.69, 9.17) is 0 Å². The normalized spacial score (nSPS) is 11.4. The summed E-state index contributed by atoms with van der Waals surface area (Å²) in [5.41, 5.74) is 3.08. The predicted octanol–water partition coefficient (Wildman–Crippen LogP) is 2.40. The average Bonchev–Trinajstić information content (AvgIpc) is 2.66. The Morgan fingerprint density at radius 1 is 1.04 bits per heavy atom. The Kier molecular flexibility index (Phi) is 8.02. The van der Waals surface area contributed by atoms with Crippen LogP contribution in [0.4, 0.5) is 5.69 Å². The molecule has 0 aliphatic rings. The first-order valence-electron chi connectivity index (χ1n) is 9.29. The largest absolute Gasteiger partial charge is 0.375 e. The Bertz CT molecular complexity index is 852. The molecule has 2 aromatic rings. The van der Waals surface area contributed by atoms with Gasteiger partial charge in [-0.1, -0.05) is 48.0 Å². The van der Waals surface area contributed by atoms with Gasteiger partial charge in [-0.25, -0.2) is 8.42 Å². The smallest absolute Gasteiger partial charge is 0.235 e. The van der Waals surface area contributed by atoms with E-state index in [9.17, 15) is 13.2 Å². The van der Waals surface area contributed by atoms with Crippen LogP contribution in [0.25, 0.3) is 0 Å². The maximum atomic E-state index is 12.2. The van der Waals surface area contributed by atoms with Crippen molar-refractivity contribution in [2.75, 3.05) is 37.8 Å². The lowest BCUT2D eigenvalue weighted by atomic mass is 10.1. The number of nitrogens with zero attached hydrogens (tertiary/aromatic N) is 2. The number of carbonyl (C=O) groups excluding carboxylic acids is 1. The Labute approximate surface area is 168 Å². The van der Waals surface area contributed by atoms with Crippen LogP contribution in [-0.2, 0) is 21.4 Å². The SMILES string of the molecule is Cc1ccc(CN(CC(=O)NCCCN(C)c2ccccc2)S(C)(=O)=O)cc1. The first kappa shape index (κ1) is 21.9. The molecule has 0 radical (unpaired) electrons. The molecule has 0 aliphatic carbocycles.